The number of hydrogen-bond donors (Lipinski definition) is 1. The van der Waals surface area contributed by atoms with Gasteiger partial charge in [0.2, 0.25) is 0 Å². The lowest BCUT2D eigenvalue weighted by molar-refractivity contribution is 0.0734. The van der Waals surface area contributed by atoms with E-state index in [0.717, 1.165) is 5.69 Å². The maximum atomic E-state index is 12.7. The average Bonchev–Trinajstić information content (AvgIpc) is 3.19. The van der Waals surface area contributed by atoms with Gasteiger partial charge in [0.1, 0.15) is 5.75 Å². The minimum atomic E-state index is -0.257. The van der Waals surface area contributed by atoms with Crippen LogP contribution in [0.3, 0.4) is 0 Å². The summed E-state index contributed by atoms with van der Waals surface area (Å²) in [7, 11) is 0. The van der Waals surface area contributed by atoms with E-state index in [2.05, 4.69) is 20.3 Å². The Kier molecular flexibility index (Phi) is 4.64. The maximum absolute atomic E-state index is 12.7. The van der Waals surface area contributed by atoms with Gasteiger partial charge in [-0.05, 0) is 41.6 Å². The van der Waals surface area contributed by atoms with Crippen LogP contribution in [0.25, 0.3) is 5.69 Å². The molecular formula is C18H17ClN6O2. The number of para-hydroxylation sites is 2. The molecule has 0 bridgehead atoms. The first-order valence-corrected chi connectivity index (χ1v) is 8.88. The third kappa shape index (κ3) is 3.56. The van der Waals surface area contributed by atoms with Crippen molar-refractivity contribution >= 4 is 23.2 Å². The molecule has 0 aliphatic carbocycles. The molecule has 138 valence electrons. The SMILES string of the molecule is O=C(c1nnn(-c2ccc(Cl)cc2)n1)N1CCN(c2ccccc2O)CC1. The van der Waals surface area contributed by atoms with Crippen molar-refractivity contribution in [1.29, 1.82) is 0 Å². The van der Waals surface area contributed by atoms with Gasteiger partial charge >= 0.3 is 0 Å². The minimum Gasteiger partial charge on any atom is -0.506 e. The van der Waals surface area contributed by atoms with E-state index >= 15 is 0 Å². The summed E-state index contributed by atoms with van der Waals surface area (Å²) >= 11 is 5.88. The molecule has 27 heavy (non-hydrogen) atoms. The van der Waals surface area contributed by atoms with E-state index in [0.29, 0.717) is 36.9 Å². The van der Waals surface area contributed by atoms with E-state index in [4.69, 9.17) is 11.6 Å². The van der Waals surface area contributed by atoms with Gasteiger partial charge in [-0.25, -0.2) is 0 Å². The van der Waals surface area contributed by atoms with Crippen molar-refractivity contribution < 1.29 is 9.90 Å². The molecule has 4 rings (SSSR count). The van der Waals surface area contributed by atoms with Crippen molar-refractivity contribution in [2.24, 2.45) is 0 Å². The molecule has 9 heteroatoms. The van der Waals surface area contributed by atoms with Gasteiger partial charge in [-0.3, -0.25) is 4.79 Å². The molecule has 1 saturated heterocycles. The van der Waals surface area contributed by atoms with Gasteiger partial charge in [0, 0.05) is 31.2 Å². The summed E-state index contributed by atoms with van der Waals surface area (Å²) < 4.78 is 0. The highest BCUT2D eigenvalue weighted by atomic mass is 35.5. The lowest BCUT2D eigenvalue weighted by Gasteiger charge is -2.35. The van der Waals surface area contributed by atoms with Crippen LogP contribution in [0.4, 0.5) is 5.69 Å². The fourth-order valence-corrected chi connectivity index (χ4v) is 3.13. The van der Waals surface area contributed by atoms with Crippen LogP contribution in [0.1, 0.15) is 10.6 Å². The number of aromatic nitrogens is 4. The van der Waals surface area contributed by atoms with Crippen LogP contribution in [0.15, 0.2) is 48.5 Å². The van der Waals surface area contributed by atoms with E-state index in [1.807, 2.05) is 12.1 Å². The van der Waals surface area contributed by atoms with Crippen LogP contribution >= 0.6 is 11.6 Å². The van der Waals surface area contributed by atoms with Crippen molar-refractivity contribution in [2.75, 3.05) is 31.1 Å². The van der Waals surface area contributed by atoms with Crippen LogP contribution in [-0.4, -0.2) is 62.3 Å². The zero-order chi connectivity index (χ0) is 18.8. The van der Waals surface area contributed by atoms with Crippen LogP contribution in [0, 0.1) is 0 Å². The largest absolute Gasteiger partial charge is 0.506 e. The molecule has 0 spiro atoms. The highest BCUT2D eigenvalue weighted by molar-refractivity contribution is 6.30. The molecule has 0 unspecified atom stereocenters. The molecule has 2 aromatic carbocycles. The highest BCUT2D eigenvalue weighted by Crippen LogP contribution is 2.27. The summed E-state index contributed by atoms with van der Waals surface area (Å²) in [5, 5.41) is 22.6. The number of phenols is 1. The van der Waals surface area contributed by atoms with E-state index in [-0.39, 0.29) is 17.5 Å². The molecule has 2 heterocycles. The molecule has 1 amide bonds. The molecule has 3 aromatic rings. The maximum Gasteiger partial charge on any atom is 0.295 e. The van der Waals surface area contributed by atoms with Crippen molar-refractivity contribution in [3.05, 3.63) is 59.4 Å². The number of carbonyl (C=O) groups is 1. The first kappa shape index (κ1) is 17.3. The minimum absolute atomic E-state index is 0.0564. The Morgan fingerprint density at radius 3 is 2.41 bits per heavy atom. The Morgan fingerprint density at radius 2 is 1.70 bits per heavy atom. The number of tetrazole rings is 1. The molecule has 1 aliphatic rings. The topological polar surface area (TPSA) is 87.4 Å². The van der Waals surface area contributed by atoms with E-state index in [9.17, 15) is 9.90 Å². The normalized spacial score (nSPS) is 14.4. The van der Waals surface area contributed by atoms with Crippen molar-refractivity contribution in [2.45, 2.75) is 0 Å². The number of nitrogens with zero attached hydrogens (tertiary/aromatic N) is 6. The van der Waals surface area contributed by atoms with Gasteiger partial charge in [-0.15, -0.1) is 15.0 Å². The summed E-state index contributed by atoms with van der Waals surface area (Å²) in [5.41, 5.74) is 1.45. The number of benzene rings is 2. The predicted octanol–water partition coefficient (Wildman–Crippen LogP) is 1.98. The lowest BCUT2D eigenvalue weighted by Crippen LogP contribution is -2.49. The molecule has 0 atom stereocenters. The highest BCUT2D eigenvalue weighted by Gasteiger charge is 2.26. The number of rotatable bonds is 3. The van der Waals surface area contributed by atoms with Gasteiger partial charge in [0.05, 0.1) is 11.4 Å². The van der Waals surface area contributed by atoms with Gasteiger partial charge in [0.25, 0.3) is 11.7 Å². The Hall–Kier alpha value is -3.13. The predicted molar refractivity (Wildman–Crippen MR) is 100 cm³/mol. The third-order valence-electron chi connectivity index (χ3n) is 4.45. The number of phenolic OH excluding ortho intramolecular Hbond substituents is 1. The van der Waals surface area contributed by atoms with E-state index in [1.54, 1.807) is 41.3 Å². The summed E-state index contributed by atoms with van der Waals surface area (Å²) in [4.78, 5) is 17.7. The summed E-state index contributed by atoms with van der Waals surface area (Å²) in [5.74, 6) is 0.0398. The Balaban J connectivity index is 1.43. The molecular weight excluding hydrogens is 368 g/mol. The first-order valence-electron chi connectivity index (χ1n) is 8.50. The third-order valence-corrected chi connectivity index (χ3v) is 4.70. The standard InChI is InChI=1S/C18H17ClN6O2/c19-13-5-7-14(8-6-13)25-21-17(20-22-25)18(27)24-11-9-23(10-12-24)15-3-1-2-4-16(15)26/h1-8,26H,9-12H2. The number of halogens is 1. The van der Waals surface area contributed by atoms with Crippen LogP contribution in [0.5, 0.6) is 5.75 Å². The molecule has 8 nitrogen and oxygen atoms in total. The fraction of sp³-hybridized carbons (Fsp3) is 0.222. The molecule has 1 aromatic heterocycles. The second-order valence-corrected chi connectivity index (χ2v) is 6.58. The fourth-order valence-electron chi connectivity index (χ4n) is 3.01. The number of hydrogen-bond acceptors (Lipinski definition) is 6. The first-order chi connectivity index (χ1) is 13.1. The van der Waals surface area contributed by atoms with E-state index < -0.39 is 0 Å². The zero-order valence-electron chi connectivity index (χ0n) is 14.4. The smallest absolute Gasteiger partial charge is 0.295 e. The summed E-state index contributed by atoms with van der Waals surface area (Å²) in [6.45, 7) is 2.27. The molecule has 0 saturated carbocycles. The Morgan fingerprint density at radius 1 is 1.00 bits per heavy atom. The zero-order valence-corrected chi connectivity index (χ0v) is 15.1. The lowest BCUT2D eigenvalue weighted by atomic mass is 10.2. The van der Waals surface area contributed by atoms with Gasteiger partial charge in [0.15, 0.2) is 0 Å². The van der Waals surface area contributed by atoms with E-state index in [1.165, 1.54) is 4.80 Å². The van der Waals surface area contributed by atoms with Gasteiger partial charge < -0.3 is 14.9 Å². The van der Waals surface area contributed by atoms with Crippen molar-refractivity contribution in [1.82, 2.24) is 25.1 Å². The number of piperazine rings is 1. The monoisotopic (exact) mass is 384 g/mol. The van der Waals surface area contributed by atoms with Crippen molar-refractivity contribution in [3.63, 3.8) is 0 Å². The summed E-state index contributed by atoms with van der Waals surface area (Å²) in [6, 6.07) is 14.1. The van der Waals surface area contributed by atoms with Gasteiger partial charge in [-0.2, -0.15) is 0 Å². The summed E-state index contributed by atoms with van der Waals surface area (Å²) in [6.07, 6.45) is 0. The molecule has 1 N–H and O–H groups in total. The molecule has 0 radical (unpaired) electrons. The second kappa shape index (κ2) is 7.24. The second-order valence-electron chi connectivity index (χ2n) is 6.15. The molecule has 1 fully saturated rings. The van der Waals surface area contributed by atoms with Crippen LogP contribution in [-0.2, 0) is 0 Å². The number of anilines is 1. The van der Waals surface area contributed by atoms with Crippen LogP contribution < -0.4 is 4.90 Å². The number of carbonyl (C=O) groups excluding carboxylic acids is 1. The number of aromatic hydroxyl groups is 1. The Bertz CT molecular complexity index is 950. The van der Waals surface area contributed by atoms with Gasteiger partial charge in [-0.1, -0.05) is 23.7 Å². The molecule has 1 aliphatic heterocycles. The Labute approximate surface area is 160 Å². The van der Waals surface area contributed by atoms with Crippen LogP contribution in [0.2, 0.25) is 5.02 Å². The average molecular weight is 385 g/mol. The number of amides is 1. The van der Waals surface area contributed by atoms with Crippen molar-refractivity contribution in [3.8, 4) is 11.4 Å². The quantitative estimate of drug-likeness (QED) is 0.743.